The second kappa shape index (κ2) is 10.8. The summed E-state index contributed by atoms with van der Waals surface area (Å²) in [4.78, 5) is 15.2. The molecule has 1 aliphatic carbocycles. The van der Waals surface area contributed by atoms with Crippen LogP contribution in [0.2, 0.25) is 0 Å². The molecular weight excluding hydrogens is 611 g/mol. The molecule has 7 aromatic carbocycles. The molecule has 10 rings (SSSR count). The minimum Gasteiger partial charge on any atom is -0.455 e. The molecule has 0 saturated heterocycles. The molecule has 2 aromatic heterocycles. The van der Waals surface area contributed by atoms with E-state index in [9.17, 15) is 0 Å². The van der Waals surface area contributed by atoms with Gasteiger partial charge in [-0.15, -0.1) is 0 Å². The van der Waals surface area contributed by atoms with Gasteiger partial charge in [0.2, 0.25) is 0 Å². The van der Waals surface area contributed by atoms with Crippen LogP contribution in [0.3, 0.4) is 0 Å². The molecule has 0 fully saturated rings. The van der Waals surface area contributed by atoms with E-state index in [4.69, 9.17) is 19.4 Å². The lowest BCUT2D eigenvalue weighted by atomic mass is 9.79. The summed E-state index contributed by atoms with van der Waals surface area (Å²) in [6.07, 6.45) is 0. The minimum atomic E-state index is -0.305. The molecule has 4 nitrogen and oxygen atoms in total. The fraction of sp³-hybridized carbons (Fsp3) is 0.0652. The Morgan fingerprint density at radius 2 is 0.960 bits per heavy atom. The molecule has 0 radical (unpaired) electrons. The zero-order valence-corrected chi connectivity index (χ0v) is 27.7. The summed E-state index contributed by atoms with van der Waals surface area (Å²) in [6, 6.07) is 52.8. The van der Waals surface area contributed by atoms with E-state index >= 15 is 0 Å². The minimum absolute atomic E-state index is 0.305. The maximum atomic E-state index is 6.59. The summed E-state index contributed by atoms with van der Waals surface area (Å²) in [5, 5.41) is 4.70. The number of hydrogen-bond acceptors (Lipinski definition) is 4. The number of furan rings is 1. The smallest absolute Gasteiger partial charge is 0.164 e. The van der Waals surface area contributed by atoms with Crippen molar-refractivity contribution in [3.63, 3.8) is 0 Å². The molecule has 0 N–H and O–H groups in total. The Hall–Kier alpha value is -6.39. The van der Waals surface area contributed by atoms with Gasteiger partial charge in [-0.3, -0.25) is 0 Å². The maximum Gasteiger partial charge on any atom is 0.164 e. The lowest BCUT2D eigenvalue weighted by Gasteiger charge is -2.23. The lowest BCUT2D eigenvalue weighted by Crippen LogP contribution is -2.15. The Kier molecular flexibility index (Phi) is 6.19. The third-order valence-electron chi connectivity index (χ3n) is 10.3. The molecule has 0 atom stereocenters. The topological polar surface area (TPSA) is 51.8 Å². The van der Waals surface area contributed by atoms with Crippen molar-refractivity contribution in [3.05, 3.63) is 163 Å². The fourth-order valence-electron chi connectivity index (χ4n) is 7.89. The molecule has 0 spiro atoms. The van der Waals surface area contributed by atoms with Gasteiger partial charge in [-0.2, -0.15) is 0 Å². The van der Waals surface area contributed by atoms with Gasteiger partial charge in [0.1, 0.15) is 11.2 Å². The second-order valence-electron chi connectivity index (χ2n) is 13.6. The van der Waals surface area contributed by atoms with Crippen LogP contribution in [0.1, 0.15) is 25.0 Å². The fourth-order valence-corrected chi connectivity index (χ4v) is 7.89. The zero-order chi connectivity index (χ0) is 33.4. The Labute approximate surface area is 289 Å². The highest BCUT2D eigenvalue weighted by Gasteiger charge is 2.40. The predicted octanol–water partition coefficient (Wildman–Crippen LogP) is 11.9. The van der Waals surface area contributed by atoms with Crippen LogP contribution >= 0.6 is 0 Å². The van der Waals surface area contributed by atoms with Gasteiger partial charge in [-0.25, -0.2) is 15.0 Å². The van der Waals surface area contributed by atoms with E-state index in [1.807, 2.05) is 30.3 Å². The predicted molar refractivity (Wildman–Crippen MR) is 204 cm³/mol. The van der Waals surface area contributed by atoms with Crippen LogP contribution in [0.4, 0.5) is 0 Å². The van der Waals surface area contributed by atoms with E-state index in [1.54, 1.807) is 0 Å². The van der Waals surface area contributed by atoms with E-state index < -0.39 is 0 Å². The Morgan fingerprint density at radius 3 is 1.66 bits per heavy atom. The summed E-state index contributed by atoms with van der Waals surface area (Å²) in [6.45, 7) is 4.67. The maximum absolute atomic E-state index is 6.59. The first-order valence-corrected chi connectivity index (χ1v) is 17.0. The number of nitrogens with zero attached hydrogens (tertiary/aromatic N) is 3. The summed E-state index contributed by atoms with van der Waals surface area (Å²) < 4.78 is 6.59. The van der Waals surface area contributed by atoms with Crippen molar-refractivity contribution < 1.29 is 4.42 Å². The van der Waals surface area contributed by atoms with Crippen molar-refractivity contribution >= 4 is 32.7 Å². The van der Waals surface area contributed by atoms with E-state index in [0.29, 0.717) is 17.5 Å². The molecule has 0 bridgehead atoms. The highest BCUT2D eigenvalue weighted by molar-refractivity contribution is 6.23. The summed E-state index contributed by atoms with van der Waals surface area (Å²) >= 11 is 0. The summed E-state index contributed by atoms with van der Waals surface area (Å²) in [7, 11) is 0. The highest BCUT2D eigenvalue weighted by atomic mass is 16.3. The lowest BCUT2D eigenvalue weighted by molar-refractivity contribution is 0.659. The first-order chi connectivity index (χ1) is 24.5. The average molecular weight is 642 g/mol. The van der Waals surface area contributed by atoms with Crippen molar-refractivity contribution in [1.82, 2.24) is 15.0 Å². The van der Waals surface area contributed by atoms with Crippen molar-refractivity contribution in [1.29, 1.82) is 0 Å². The van der Waals surface area contributed by atoms with Gasteiger partial charge in [0.25, 0.3) is 0 Å². The zero-order valence-electron chi connectivity index (χ0n) is 27.7. The van der Waals surface area contributed by atoms with Gasteiger partial charge in [0.05, 0.1) is 0 Å². The first kappa shape index (κ1) is 28.6. The van der Waals surface area contributed by atoms with Crippen molar-refractivity contribution in [2.75, 3.05) is 0 Å². The average Bonchev–Trinajstić information content (AvgIpc) is 3.68. The Bertz CT molecular complexity index is 2760. The normalized spacial score (nSPS) is 13.2. The van der Waals surface area contributed by atoms with Crippen LogP contribution in [0.5, 0.6) is 0 Å². The molecule has 0 unspecified atom stereocenters. The SMILES string of the molecule is CC1(C)c2cc(-c3nc(-c4ccccc4)nc(-c4ccc(-c5ccccc5)cc4)n3)ccc2-c2c1c1c3ccccc3oc1c1ccccc21. The number of fused-ring (bicyclic) bond motifs is 10. The standard InChI is InChI=1S/C46H31N3O/c1-46(2)37-27-32(25-26-35(37)39-33-17-9-10-18-34(33)42-40(41(39)46)36-19-11-12-20-38(36)50-42)45-48-43(30-15-7-4-8-16-30)47-44(49-45)31-23-21-29(22-24-31)28-13-5-3-6-14-28/h3-27H,1-2H3. The third-order valence-corrected chi connectivity index (χ3v) is 10.3. The number of para-hydroxylation sites is 1. The van der Waals surface area contributed by atoms with Gasteiger partial charge in [-0.05, 0) is 50.9 Å². The quantitative estimate of drug-likeness (QED) is 0.192. The van der Waals surface area contributed by atoms with Crippen LogP contribution in [-0.2, 0) is 5.41 Å². The number of hydrogen-bond donors (Lipinski definition) is 0. The summed E-state index contributed by atoms with van der Waals surface area (Å²) in [5.41, 5.74) is 11.8. The number of benzene rings is 7. The van der Waals surface area contributed by atoms with Crippen molar-refractivity contribution in [3.8, 4) is 56.4 Å². The second-order valence-corrected chi connectivity index (χ2v) is 13.6. The highest BCUT2D eigenvalue weighted by Crippen LogP contribution is 2.56. The molecule has 50 heavy (non-hydrogen) atoms. The molecule has 236 valence electrons. The first-order valence-electron chi connectivity index (χ1n) is 17.0. The number of rotatable bonds is 4. The van der Waals surface area contributed by atoms with Crippen LogP contribution in [0.15, 0.2) is 156 Å². The van der Waals surface area contributed by atoms with E-state index in [2.05, 4.69) is 135 Å². The van der Waals surface area contributed by atoms with E-state index in [-0.39, 0.29) is 5.41 Å². The van der Waals surface area contributed by atoms with Crippen LogP contribution in [0, 0.1) is 0 Å². The molecule has 0 amide bonds. The largest absolute Gasteiger partial charge is 0.455 e. The van der Waals surface area contributed by atoms with E-state index in [1.165, 1.54) is 38.6 Å². The Morgan fingerprint density at radius 1 is 0.460 bits per heavy atom. The molecule has 4 heteroatoms. The monoisotopic (exact) mass is 641 g/mol. The molecule has 1 aliphatic rings. The molecule has 9 aromatic rings. The number of aromatic nitrogens is 3. The van der Waals surface area contributed by atoms with Crippen LogP contribution < -0.4 is 0 Å². The van der Waals surface area contributed by atoms with Crippen molar-refractivity contribution in [2.24, 2.45) is 0 Å². The van der Waals surface area contributed by atoms with Crippen LogP contribution in [0.25, 0.3) is 89.1 Å². The van der Waals surface area contributed by atoms with E-state index in [0.717, 1.165) is 44.2 Å². The molecule has 0 saturated carbocycles. The summed E-state index contributed by atoms with van der Waals surface area (Å²) in [5.74, 6) is 1.95. The van der Waals surface area contributed by atoms with Gasteiger partial charge in [0, 0.05) is 38.3 Å². The van der Waals surface area contributed by atoms with Crippen molar-refractivity contribution in [2.45, 2.75) is 19.3 Å². The van der Waals surface area contributed by atoms with Gasteiger partial charge >= 0.3 is 0 Å². The van der Waals surface area contributed by atoms with Gasteiger partial charge in [-0.1, -0.05) is 153 Å². The Balaban J connectivity index is 1.16. The molecule has 2 heterocycles. The van der Waals surface area contributed by atoms with Gasteiger partial charge < -0.3 is 4.42 Å². The molecule has 0 aliphatic heterocycles. The van der Waals surface area contributed by atoms with Gasteiger partial charge in [0.15, 0.2) is 17.5 Å². The third kappa shape index (κ3) is 4.28. The van der Waals surface area contributed by atoms with Crippen LogP contribution in [-0.4, -0.2) is 15.0 Å². The molecular formula is C46H31N3O.